The first-order chi connectivity index (χ1) is 8.15. The fourth-order valence-corrected chi connectivity index (χ4v) is 1.35. The number of aryl methyl sites for hydroxylation is 1. The third-order valence-electron chi connectivity index (χ3n) is 2.23. The van der Waals surface area contributed by atoms with Crippen molar-refractivity contribution in [3.63, 3.8) is 0 Å². The number of rotatable bonds is 4. The third kappa shape index (κ3) is 2.81. The van der Waals surface area contributed by atoms with E-state index in [2.05, 4.69) is 5.10 Å². The maximum atomic E-state index is 10.5. The molecule has 0 atom stereocenters. The zero-order chi connectivity index (χ0) is 12.3. The second-order valence-corrected chi connectivity index (χ2v) is 3.56. The number of benzene rings is 1. The van der Waals surface area contributed by atoms with Gasteiger partial charge in [0.25, 0.3) is 5.69 Å². The number of nitro groups is 1. The molecular formula is C11H11N3O3. The fourth-order valence-electron chi connectivity index (χ4n) is 1.35. The van der Waals surface area contributed by atoms with Crippen LogP contribution in [0.4, 0.5) is 5.69 Å². The Balaban J connectivity index is 1.97. The molecule has 0 amide bonds. The third-order valence-corrected chi connectivity index (χ3v) is 2.23. The van der Waals surface area contributed by atoms with E-state index in [0.717, 1.165) is 5.56 Å². The second-order valence-electron chi connectivity index (χ2n) is 3.56. The van der Waals surface area contributed by atoms with Crippen molar-refractivity contribution in [2.45, 2.75) is 6.61 Å². The number of hydrogen-bond acceptors (Lipinski definition) is 4. The van der Waals surface area contributed by atoms with Crippen LogP contribution in [-0.2, 0) is 13.7 Å². The van der Waals surface area contributed by atoms with Crippen LogP contribution in [0.25, 0.3) is 0 Å². The van der Waals surface area contributed by atoms with Gasteiger partial charge in [-0.15, -0.1) is 0 Å². The summed E-state index contributed by atoms with van der Waals surface area (Å²) in [4.78, 5) is 10.0. The molecule has 1 aromatic heterocycles. The molecule has 0 spiro atoms. The van der Waals surface area contributed by atoms with Crippen molar-refractivity contribution >= 4 is 5.69 Å². The molecule has 2 aromatic rings. The first-order valence-electron chi connectivity index (χ1n) is 5.00. The van der Waals surface area contributed by atoms with Gasteiger partial charge in [0.2, 0.25) is 0 Å². The van der Waals surface area contributed by atoms with Crippen LogP contribution < -0.4 is 4.74 Å². The Bertz CT molecular complexity index is 519. The molecule has 6 heteroatoms. The van der Waals surface area contributed by atoms with Gasteiger partial charge in [-0.1, -0.05) is 0 Å². The smallest absolute Gasteiger partial charge is 0.269 e. The maximum Gasteiger partial charge on any atom is 0.269 e. The molecule has 0 aliphatic rings. The first-order valence-corrected chi connectivity index (χ1v) is 5.00. The first kappa shape index (κ1) is 11.1. The molecule has 0 aliphatic carbocycles. The van der Waals surface area contributed by atoms with E-state index < -0.39 is 4.92 Å². The Morgan fingerprint density at radius 1 is 1.41 bits per heavy atom. The van der Waals surface area contributed by atoms with Gasteiger partial charge in [-0.3, -0.25) is 14.8 Å². The lowest BCUT2D eigenvalue weighted by Gasteiger charge is -2.02. The van der Waals surface area contributed by atoms with Crippen LogP contribution in [0.3, 0.4) is 0 Å². The van der Waals surface area contributed by atoms with E-state index in [0.29, 0.717) is 12.4 Å². The van der Waals surface area contributed by atoms with Gasteiger partial charge in [-0.05, 0) is 17.7 Å². The molecule has 17 heavy (non-hydrogen) atoms. The van der Waals surface area contributed by atoms with Gasteiger partial charge in [0.05, 0.1) is 17.3 Å². The van der Waals surface area contributed by atoms with Crippen molar-refractivity contribution in [1.29, 1.82) is 0 Å². The minimum Gasteiger partial charge on any atom is -0.486 e. The Morgan fingerprint density at radius 3 is 2.65 bits per heavy atom. The SMILES string of the molecule is Cn1cc(OCc2ccc([N+](=O)[O-])cc2)cn1. The summed E-state index contributed by atoms with van der Waals surface area (Å²) in [6.45, 7) is 0.365. The number of hydrogen-bond donors (Lipinski definition) is 0. The molecule has 1 heterocycles. The summed E-state index contributed by atoms with van der Waals surface area (Å²) in [5, 5.41) is 14.4. The van der Waals surface area contributed by atoms with Crippen LogP contribution in [0.5, 0.6) is 5.75 Å². The van der Waals surface area contributed by atoms with Crippen molar-refractivity contribution in [2.24, 2.45) is 7.05 Å². The monoisotopic (exact) mass is 233 g/mol. The Hall–Kier alpha value is -2.37. The summed E-state index contributed by atoms with van der Waals surface area (Å²) < 4.78 is 7.10. The summed E-state index contributed by atoms with van der Waals surface area (Å²) in [6, 6.07) is 6.27. The molecule has 0 fully saturated rings. The molecule has 0 saturated carbocycles. The van der Waals surface area contributed by atoms with Crippen molar-refractivity contribution < 1.29 is 9.66 Å². The highest BCUT2D eigenvalue weighted by atomic mass is 16.6. The van der Waals surface area contributed by atoms with Crippen molar-refractivity contribution in [3.8, 4) is 5.75 Å². The van der Waals surface area contributed by atoms with E-state index >= 15 is 0 Å². The lowest BCUT2D eigenvalue weighted by molar-refractivity contribution is -0.384. The molecule has 0 bridgehead atoms. The van der Waals surface area contributed by atoms with Crippen LogP contribution >= 0.6 is 0 Å². The number of nitrogens with zero attached hydrogens (tertiary/aromatic N) is 3. The van der Waals surface area contributed by atoms with Gasteiger partial charge in [0.1, 0.15) is 6.61 Å². The second kappa shape index (κ2) is 4.65. The predicted molar refractivity (Wildman–Crippen MR) is 60.6 cm³/mol. The van der Waals surface area contributed by atoms with E-state index in [9.17, 15) is 10.1 Å². The van der Waals surface area contributed by atoms with Crippen LogP contribution in [0.1, 0.15) is 5.56 Å². The minimum atomic E-state index is -0.425. The maximum absolute atomic E-state index is 10.5. The number of aromatic nitrogens is 2. The summed E-state index contributed by atoms with van der Waals surface area (Å²) in [7, 11) is 1.80. The van der Waals surface area contributed by atoms with Gasteiger partial charge >= 0.3 is 0 Å². The lowest BCUT2D eigenvalue weighted by atomic mass is 10.2. The topological polar surface area (TPSA) is 70.2 Å². The summed E-state index contributed by atoms with van der Waals surface area (Å²) >= 11 is 0. The zero-order valence-electron chi connectivity index (χ0n) is 9.24. The molecular weight excluding hydrogens is 222 g/mol. The van der Waals surface area contributed by atoms with Gasteiger partial charge in [0, 0.05) is 19.2 Å². The highest BCUT2D eigenvalue weighted by Crippen LogP contribution is 2.14. The average Bonchev–Trinajstić information content (AvgIpc) is 2.73. The Kier molecular flexibility index (Phi) is 3.04. The number of ether oxygens (including phenoxy) is 1. The number of nitro benzene ring substituents is 1. The largest absolute Gasteiger partial charge is 0.486 e. The average molecular weight is 233 g/mol. The van der Waals surface area contributed by atoms with E-state index in [4.69, 9.17) is 4.74 Å². The van der Waals surface area contributed by atoms with Crippen molar-refractivity contribution in [2.75, 3.05) is 0 Å². The van der Waals surface area contributed by atoms with Crippen LogP contribution in [0, 0.1) is 10.1 Å². The fraction of sp³-hybridized carbons (Fsp3) is 0.182. The van der Waals surface area contributed by atoms with E-state index in [1.165, 1.54) is 12.1 Å². The van der Waals surface area contributed by atoms with E-state index in [1.54, 1.807) is 36.3 Å². The molecule has 0 radical (unpaired) electrons. The van der Waals surface area contributed by atoms with E-state index in [1.807, 2.05) is 0 Å². The van der Waals surface area contributed by atoms with Gasteiger partial charge in [0.15, 0.2) is 5.75 Å². The van der Waals surface area contributed by atoms with Crippen LogP contribution in [0.15, 0.2) is 36.7 Å². The number of non-ortho nitro benzene ring substituents is 1. The van der Waals surface area contributed by atoms with Crippen LogP contribution in [0.2, 0.25) is 0 Å². The summed E-state index contributed by atoms with van der Waals surface area (Å²) in [5.74, 6) is 0.672. The van der Waals surface area contributed by atoms with E-state index in [-0.39, 0.29) is 5.69 Å². The Labute approximate surface area is 97.6 Å². The molecule has 2 rings (SSSR count). The standard InChI is InChI=1S/C11H11N3O3/c1-13-7-11(6-12-13)17-8-9-2-4-10(5-3-9)14(15)16/h2-7H,8H2,1H3. The van der Waals surface area contributed by atoms with Gasteiger partial charge in [-0.2, -0.15) is 5.10 Å². The summed E-state index contributed by atoms with van der Waals surface area (Å²) in [6.07, 6.45) is 3.37. The predicted octanol–water partition coefficient (Wildman–Crippen LogP) is 1.91. The van der Waals surface area contributed by atoms with Crippen molar-refractivity contribution in [1.82, 2.24) is 9.78 Å². The molecule has 0 aliphatic heterocycles. The summed E-state index contributed by atoms with van der Waals surface area (Å²) in [5.41, 5.74) is 0.953. The quantitative estimate of drug-likeness (QED) is 0.597. The minimum absolute atomic E-state index is 0.0788. The highest BCUT2D eigenvalue weighted by molar-refractivity contribution is 5.32. The molecule has 1 aromatic carbocycles. The zero-order valence-corrected chi connectivity index (χ0v) is 9.24. The van der Waals surface area contributed by atoms with Gasteiger partial charge < -0.3 is 4.74 Å². The molecule has 88 valence electrons. The van der Waals surface area contributed by atoms with Crippen molar-refractivity contribution in [3.05, 3.63) is 52.3 Å². The molecule has 6 nitrogen and oxygen atoms in total. The Morgan fingerprint density at radius 2 is 2.12 bits per heavy atom. The lowest BCUT2D eigenvalue weighted by Crippen LogP contribution is -1.95. The molecule has 0 unspecified atom stereocenters. The molecule has 0 N–H and O–H groups in total. The van der Waals surface area contributed by atoms with Gasteiger partial charge in [-0.25, -0.2) is 0 Å². The van der Waals surface area contributed by atoms with Crippen LogP contribution in [-0.4, -0.2) is 14.7 Å². The highest BCUT2D eigenvalue weighted by Gasteiger charge is 2.04. The normalized spacial score (nSPS) is 10.2. The molecule has 0 saturated heterocycles.